The van der Waals surface area contributed by atoms with Crippen molar-refractivity contribution in [2.75, 3.05) is 20.8 Å². The number of aromatic nitrogens is 2. The number of benzene rings is 1. The molecule has 19 heavy (non-hydrogen) atoms. The fraction of sp³-hybridized carbons (Fsp3) is 0.357. The Balaban J connectivity index is 2.12. The smallest absolute Gasteiger partial charge is 0.144 e. The maximum atomic E-state index is 5.44. The molecule has 5 heteroatoms. The molecule has 1 aromatic carbocycles. The first-order chi connectivity index (χ1) is 9.33. The second-order valence-electron chi connectivity index (χ2n) is 4.47. The molecular weight excluding hydrogens is 242 g/mol. The first kappa shape index (κ1) is 12.0. The number of methoxy groups -OCH3 is 2. The van der Waals surface area contributed by atoms with E-state index < -0.39 is 0 Å². The van der Waals surface area contributed by atoms with Gasteiger partial charge in [0.25, 0.3) is 0 Å². The number of ether oxygens (including phenoxy) is 2. The first-order valence-corrected chi connectivity index (χ1v) is 6.31. The first-order valence-electron chi connectivity index (χ1n) is 6.31. The summed E-state index contributed by atoms with van der Waals surface area (Å²) in [6, 6.07) is 5.78. The lowest BCUT2D eigenvalue weighted by atomic mass is 10.1. The monoisotopic (exact) mass is 259 g/mol. The van der Waals surface area contributed by atoms with Gasteiger partial charge in [-0.25, -0.2) is 4.98 Å². The van der Waals surface area contributed by atoms with Crippen LogP contribution >= 0.6 is 0 Å². The molecule has 1 N–H and O–H groups in total. The Morgan fingerprint density at radius 2 is 2.16 bits per heavy atom. The number of hydrogen-bond acceptors (Lipinski definition) is 4. The van der Waals surface area contributed by atoms with Gasteiger partial charge in [-0.2, -0.15) is 0 Å². The lowest BCUT2D eigenvalue weighted by molar-refractivity contribution is 0.403. The van der Waals surface area contributed by atoms with Crippen LogP contribution in [0.5, 0.6) is 11.5 Å². The van der Waals surface area contributed by atoms with Crippen molar-refractivity contribution in [1.29, 1.82) is 0 Å². The van der Waals surface area contributed by atoms with Gasteiger partial charge in [0.2, 0.25) is 0 Å². The SMILES string of the molecule is COc1ccc(OC)c(-c2ncc3n2CCNC3)c1. The summed E-state index contributed by atoms with van der Waals surface area (Å²) >= 11 is 0. The highest BCUT2D eigenvalue weighted by Gasteiger charge is 2.18. The highest BCUT2D eigenvalue weighted by Crippen LogP contribution is 2.33. The third-order valence-electron chi connectivity index (χ3n) is 3.40. The van der Waals surface area contributed by atoms with E-state index >= 15 is 0 Å². The third-order valence-corrected chi connectivity index (χ3v) is 3.40. The highest BCUT2D eigenvalue weighted by molar-refractivity contribution is 5.67. The number of hydrogen-bond donors (Lipinski definition) is 1. The molecule has 0 amide bonds. The van der Waals surface area contributed by atoms with Gasteiger partial charge in [-0.3, -0.25) is 0 Å². The summed E-state index contributed by atoms with van der Waals surface area (Å²) in [5.41, 5.74) is 2.17. The van der Waals surface area contributed by atoms with Crippen molar-refractivity contribution in [3.63, 3.8) is 0 Å². The van der Waals surface area contributed by atoms with Gasteiger partial charge >= 0.3 is 0 Å². The molecule has 0 atom stereocenters. The minimum atomic E-state index is 0.807. The highest BCUT2D eigenvalue weighted by atomic mass is 16.5. The number of rotatable bonds is 3. The lowest BCUT2D eigenvalue weighted by Crippen LogP contribution is -2.27. The van der Waals surface area contributed by atoms with Crippen LogP contribution in [0.4, 0.5) is 0 Å². The van der Waals surface area contributed by atoms with Crippen LogP contribution in [0, 0.1) is 0 Å². The summed E-state index contributed by atoms with van der Waals surface area (Å²) in [5, 5.41) is 3.34. The topological polar surface area (TPSA) is 48.3 Å². The molecule has 3 rings (SSSR count). The summed E-state index contributed by atoms with van der Waals surface area (Å²) < 4.78 is 13.0. The predicted molar refractivity (Wildman–Crippen MR) is 72.5 cm³/mol. The molecule has 0 spiro atoms. The van der Waals surface area contributed by atoms with Crippen molar-refractivity contribution in [2.24, 2.45) is 0 Å². The van der Waals surface area contributed by atoms with Crippen LogP contribution < -0.4 is 14.8 Å². The second kappa shape index (κ2) is 4.93. The summed E-state index contributed by atoms with van der Waals surface area (Å²) in [7, 11) is 3.34. The van der Waals surface area contributed by atoms with Crippen LogP contribution in [-0.4, -0.2) is 30.3 Å². The predicted octanol–water partition coefficient (Wildman–Crippen LogP) is 1.67. The maximum Gasteiger partial charge on any atom is 0.144 e. The molecule has 1 aliphatic rings. The van der Waals surface area contributed by atoms with Crippen LogP contribution in [0.2, 0.25) is 0 Å². The van der Waals surface area contributed by atoms with E-state index in [1.54, 1.807) is 14.2 Å². The minimum absolute atomic E-state index is 0.807. The molecule has 5 nitrogen and oxygen atoms in total. The Hall–Kier alpha value is -2.01. The second-order valence-corrected chi connectivity index (χ2v) is 4.47. The number of nitrogens with one attached hydrogen (secondary N) is 1. The van der Waals surface area contributed by atoms with Crippen LogP contribution in [-0.2, 0) is 13.1 Å². The molecule has 0 radical (unpaired) electrons. The number of fused-ring (bicyclic) bond motifs is 1. The minimum Gasteiger partial charge on any atom is -0.497 e. The van der Waals surface area contributed by atoms with Crippen molar-refractivity contribution >= 4 is 0 Å². The average molecular weight is 259 g/mol. The van der Waals surface area contributed by atoms with E-state index in [2.05, 4.69) is 14.9 Å². The molecular formula is C14H17N3O2. The van der Waals surface area contributed by atoms with E-state index in [0.29, 0.717) is 0 Å². The quantitative estimate of drug-likeness (QED) is 0.911. The van der Waals surface area contributed by atoms with E-state index in [9.17, 15) is 0 Å². The van der Waals surface area contributed by atoms with Crippen molar-refractivity contribution in [2.45, 2.75) is 13.1 Å². The molecule has 0 unspecified atom stereocenters. The Morgan fingerprint density at radius 3 is 2.95 bits per heavy atom. The van der Waals surface area contributed by atoms with Gasteiger partial charge in [-0.1, -0.05) is 0 Å². The average Bonchev–Trinajstić information content (AvgIpc) is 2.90. The molecule has 0 aliphatic carbocycles. The van der Waals surface area contributed by atoms with E-state index in [1.807, 2.05) is 24.4 Å². The Kier molecular flexibility index (Phi) is 3.13. The summed E-state index contributed by atoms with van der Waals surface area (Å²) in [5.74, 6) is 2.56. The van der Waals surface area contributed by atoms with Gasteiger partial charge in [0.15, 0.2) is 0 Å². The van der Waals surface area contributed by atoms with Gasteiger partial charge in [0.05, 0.1) is 31.7 Å². The van der Waals surface area contributed by atoms with Crippen molar-refractivity contribution in [3.8, 4) is 22.9 Å². The molecule has 2 aromatic rings. The van der Waals surface area contributed by atoms with Gasteiger partial charge in [0.1, 0.15) is 17.3 Å². The van der Waals surface area contributed by atoms with E-state index in [4.69, 9.17) is 9.47 Å². The van der Waals surface area contributed by atoms with Crippen LogP contribution in [0.15, 0.2) is 24.4 Å². The molecule has 1 aromatic heterocycles. The zero-order chi connectivity index (χ0) is 13.2. The van der Waals surface area contributed by atoms with Crippen molar-refractivity contribution < 1.29 is 9.47 Å². The summed E-state index contributed by atoms with van der Waals surface area (Å²) in [4.78, 5) is 4.54. The molecule has 0 saturated heterocycles. The largest absolute Gasteiger partial charge is 0.497 e. The normalized spacial score (nSPS) is 14.0. The zero-order valence-electron chi connectivity index (χ0n) is 11.1. The van der Waals surface area contributed by atoms with E-state index in [0.717, 1.165) is 42.5 Å². The van der Waals surface area contributed by atoms with E-state index in [1.165, 1.54) is 5.69 Å². The fourth-order valence-electron chi connectivity index (χ4n) is 2.41. The van der Waals surface area contributed by atoms with Gasteiger partial charge in [0, 0.05) is 19.6 Å². The number of imidazole rings is 1. The summed E-state index contributed by atoms with van der Waals surface area (Å²) in [6.07, 6.45) is 1.92. The zero-order valence-corrected chi connectivity index (χ0v) is 11.1. The van der Waals surface area contributed by atoms with Crippen molar-refractivity contribution in [1.82, 2.24) is 14.9 Å². The Morgan fingerprint density at radius 1 is 1.26 bits per heavy atom. The molecule has 100 valence electrons. The van der Waals surface area contributed by atoms with Gasteiger partial charge < -0.3 is 19.4 Å². The molecule has 0 fully saturated rings. The number of nitrogens with zero attached hydrogens (tertiary/aromatic N) is 2. The molecule has 2 heterocycles. The Labute approximate surface area is 112 Å². The van der Waals surface area contributed by atoms with Crippen LogP contribution in [0.1, 0.15) is 5.69 Å². The standard InChI is InChI=1S/C14H17N3O2/c1-18-11-3-4-13(19-2)12(7-11)14-16-9-10-8-15-5-6-17(10)14/h3-4,7,9,15H,5-6,8H2,1-2H3. The van der Waals surface area contributed by atoms with E-state index in [-0.39, 0.29) is 0 Å². The molecule has 0 bridgehead atoms. The van der Waals surface area contributed by atoms with Crippen LogP contribution in [0.3, 0.4) is 0 Å². The van der Waals surface area contributed by atoms with Crippen molar-refractivity contribution in [3.05, 3.63) is 30.1 Å². The summed E-state index contributed by atoms with van der Waals surface area (Å²) in [6.45, 7) is 2.74. The third kappa shape index (κ3) is 2.06. The fourth-order valence-corrected chi connectivity index (χ4v) is 2.41. The maximum absolute atomic E-state index is 5.44. The van der Waals surface area contributed by atoms with Gasteiger partial charge in [-0.05, 0) is 18.2 Å². The van der Waals surface area contributed by atoms with Crippen LogP contribution in [0.25, 0.3) is 11.4 Å². The van der Waals surface area contributed by atoms with Gasteiger partial charge in [-0.15, -0.1) is 0 Å². The lowest BCUT2D eigenvalue weighted by Gasteiger charge is -2.18. The molecule has 1 aliphatic heterocycles. The molecule has 0 saturated carbocycles. The Bertz CT molecular complexity index is 592.